The van der Waals surface area contributed by atoms with Gasteiger partial charge in [-0.3, -0.25) is 9.89 Å². The van der Waals surface area contributed by atoms with E-state index >= 15 is 0 Å². The number of nitrogens with zero attached hydrogens (tertiary/aromatic N) is 1. The zero-order chi connectivity index (χ0) is 12.6. The molecule has 0 spiro atoms. The molecule has 0 saturated carbocycles. The smallest absolute Gasteiger partial charge is 0.266 e. The van der Waals surface area contributed by atoms with Crippen LogP contribution in [0.5, 0.6) is 0 Å². The fourth-order valence-electron chi connectivity index (χ4n) is 1.46. The predicted octanol–water partition coefficient (Wildman–Crippen LogP) is 2.96. The average Bonchev–Trinajstić information content (AvgIpc) is 2.77. The van der Waals surface area contributed by atoms with E-state index in [1.807, 2.05) is 33.8 Å². The van der Waals surface area contributed by atoms with Gasteiger partial charge in [0.1, 0.15) is 0 Å². The molecule has 0 atom stereocenters. The van der Waals surface area contributed by atoms with Crippen LogP contribution in [-0.4, -0.2) is 16.1 Å². The molecule has 2 aromatic rings. The van der Waals surface area contributed by atoms with Gasteiger partial charge < -0.3 is 5.32 Å². The van der Waals surface area contributed by atoms with E-state index in [-0.39, 0.29) is 5.91 Å². The first kappa shape index (κ1) is 11.9. The molecule has 2 heterocycles. The first-order valence-corrected chi connectivity index (χ1v) is 6.20. The van der Waals surface area contributed by atoms with Crippen LogP contribution in [0.25, 0.3) is 0 Å². The van der Waals surface area contributed by atoms with Gasteiger partial charge in [0.25, 0.3) is 5.91 Å². The Morgan fingerprint density at radius 1 is 1.35 bits per heavy atom. The largest absolute Gasteiger partial charge is 0.304 e. The van der Waals surface area contributed by atoms with E-state index in [9.17, 15) is 4.79 Å². The van der Waals surface area contributed by atoms with Crippen molar-refractivity contribution in [3.05, 3.63) is 32.6 Å². The molecule has 90 valence electrons. The summed E-state index contributed by atoms with van der Waals surface area (Å²) in [5.41, 5.74) is 3.09. The van der Waals surface area contributed by atoms with Crippen LogP contribution in [0, 0.1) is 27.7 Å². The Morgan fingerprint density at radius 3 is 2.53 bits per heavy atom. The summed E-state index contributed by atoms with van der Waals surface area (Å²) in [6.45, 7) is 7.88. The van der Waals surface area contributed by atoms with Crippen LogP contribution in [0.2, 0.25) is 0 Å². The van der Waals surface area contributed by atoms with Gasteiger partial charge in [0.2, 0.25) is 0 Å². The van der Waals surface area contributed by atoms with E-state index in [4.69, 9.17) is 0 Å². The van der Waals surface area contributed by atoms with Gasteiger partial charge in [0.05, 0.1) is 4.88 Å². The topological polar surface area (TPSA) is 57.8 Å². The highest BCUT2D eigenvalue weighted by molar-refractivity contribution is 7.14. The summed E-state index contributed by atoms with van der Waals surface area (Å²) in [7, 11) is 0. The lowest BCUT2D eigenvalue weighted by atomic mass is 10.2. The quantitative estimate of drug-likeness (QED) is 0.859. The highest BCUT2D eigenvalue weighted by Gasteiger charge is 2.13. The number of carbonyl (C=O) groups excluding carboxylic acids is 1. The summed E-state index contributed by atoms with van der Waals surface area (Å²) in [4.78, 5) is 13.9. The minimum absolute atomic E-state index is 0.0965. The normalized spacial score (nSPS) is 10.6. The maximum absolute atomic E-state index is 12.0. The van der Waals surface area contributed by atoms with Gasteiger partial charge in [0.15, 0.2) is 5.82 Å². The zero-order valence-electron chi connectivity index (χ0n) is 10.3. The van der Waals surface area contributed by atoms with E-state index in [1.165, 1.54) is 16.2 Å². The van der Waals surface area contributed by atoms with Crippen LogP contribution in [0.1, 0.15) is 31.4 Å². The van der Waals surface area contributed by atoms with Gasteiger partial charge in [-0.15, -0.1) is 11.3 Å². The standard InChI is InChI=1S/C12H15N3OS/c1-6-5-10(17-9(6)4)12(16)13-11-7(2)8(3)14-15-11/h5H,1-4H3,(H2,13,14,15,16). The van der Waals surface area contributed by atoms with Gasteiger partial charge in [-0.05, 0) is 39.3 Å². The fourth-order valence-corrected chi connectivity index (χ4v) is 2.39. The molecular formula is C12H15N3OS. The molecule has 1 amide bonds. The number of aromatic amines is 1. The Bertz CT molecular complexity index is 549. The molecule has 2 N–H and O–H groups in total. The number of thiophene rings is 1. The molecule has 0 aliphatic carbocycles. The van der Waals surface area contributed by atoms with Crippen molar-refractivity contribution < 1.29 is 4.79 Å². The third-order valence-electron chi connectivity index (χ3n) is 2.87. The Labute approximate surface area is 104 Å². The number of carbonyl (C=O) groups is 1. The molecular weight excluding hydrogens is 234 g/mol. The number of aryl methyl sites for hydroxylation is 3. The first-order valence-electron chi connectivity index (χ1n) is 5.39. The van der Waals surface area contributed by atoms with Gasteiger partial charge in [-0.25, -0.2) is 0 Å². The summed E-state index contributed by atoms with van der Waals surface area (Å²) in [6.07, 6.45) is 0. The van der Waals surface area contributed by atoms with Crippen molar-refractivity contribution in [1.82, 2.24) is 10.2 Å². The van der Waals surface area contributed by atoms with Crippen LogP contribution in [0.15, 0.2) is 6.07 Å². The minimum atomic E-state index is -0.0965. The van der Waals surface area contributed by atoms with Crippen molar-refractivity contribution >= 4 is 23.1 Å². The minimum Gasteiger partial charge on any atom is -0.304 e. The van der Waals surface area contributed by atoms with Crippen molar-refractivity contribution in [2.45, 2.75) is 27.7 Å². The lowest BCUT2D eigenvalue weighted by Crippen LogP contribution is -2.11. The third-order valence-corrected chi connectivity index (χ3v) is 4.03. The Morgan fingerprint density at radius 2 is 2.06 bits per heavy atom. The second kappa shape index (κ2) is 4.33. The molecule has 4 nitrogen and oxygen atoms in total. The second-order valence-corrected chi connectivity index (χ2v) is 5.38. The molecule has 0 unspecified atom stereocenters. The lowest BCUT2D eigenvalue weighted by Gasteiger charge is -2.00. The number of hydrogen-bond acceptors (Lipinski definition) is 3. The Hall–Kier alpha value is -1.62. The summed E-state index contributed by atoms with van der Waals surface area (Å²) in [5, 5.41) is 9.72. The van der Waals surface area contributed by atoms with Gasteiger partial charge in [0, 0.05) is 16.1 Å². The van der Waals surface area contributed by atoms with Crippen LogP contribution in [0.4, 0.5) is 5.82 Å². The van der Waals surface area contributed by atoms with Crippen molar-refractivity contribution in [3.63, 3.8) is 0 Å². The second-order valence-electron chi connectivity index (χ2n) is 4.13. The molecule has 0 radical (unpaired) electrons. The summed E-state index contributed by atoms with van der Waals surface area (Å²) >= 11 is 1.50. The number of nitrogens with one attached hydrogen (secondary N) is 2. The van der Waals surface area contributed by atoms with E-state index < -0.39 is 0 Å². The van der Waals surface area contributed by atoms with Crippen molar-refractivity contribution in [3.8, 4) is 0 Å². The predicted molar refractivity (Wildman–Crippen MR) is 69.8 cm³/mol. The van der Waals surface area contributed by atoms with Crippen LogP contribution in [-0.2, 0) is 0 Å². The number of amides is 1. The zero-order valence-corrected chi connectivity index (χ0v) is 11.2. The summed E-state index contributed by atoms with van der Waals surface area (Å²) in [6, 6.07) is 1.91. The van der Waals surface area contributed by atoms with Crippen LogP contribution >= 0.6 is 11.3 Å². The number of anilines is 1. The average molecular weight is 249 g/mol. The van der Waals surface area contributed by atoms with E-state index in [2.05, 4.69) is 15.5 Å². The van der Waals surface area contributed by atoms with Gasteiger partial charge in [-0.1, -0.05) is 0 Å². The molecule has 0 fully saturated rings. The molecule has 0 aliphatic rings. The Kier molecular flexibility index (Phi) is 3.02. The molecule has 17 heavy (non-hydrogen) atoms. The monoisotopic (exact) mass is 249 g/mol. The lowest BCUT2D eigenvalue weighted by molar-refractivity contribution is 0.103. The first-order chi connectivity index (χ1) is 7.99. The molecule has 5 heteroatoms. The number of rotatable bonds is 2. The molecule has 0 saturated heterocycles. The molecule has 0 aliphatic heterocycles. The van der Waals surface area contributed by atoms with E-state index in [0.29, 0.717) is 5.82 Å². The number of H-pyrrole nitrogens is 1. The van der Waals surface area contributed by atoms with Crippen LogP contribution in [0.3, 0.4) is 0 Å². The molecule has 0 bridgehead atoms. The van der Waals surface area contributed by atoms with E-state index in [0.717, 1.165) is 21.7 Å². The highest BCUT2D eigenvalue weighted by atomic mass is 32.1. The SMILES string of the molecule is Cc1cc(C(=O)Nc2n[nH]c(C)c2C)sc1C. The summed E-state index contributed by atoms with van der Waals surface area (Å²) in [5.74, 6) is 0.511. The van der Waals surface area contributed by atoms with E-state index in [1.54, 1.807) is 0 Å². The number of aromatic nitrogens is 2. The van der Waals surface area contributed by atoms with Gasteiger partial charge >= 0.3 is 0 Å². The van der Waals surface area contributed by atoms with Crippen LogP contribution < -0.4 is 5.32 Å². The Balaban J connectivity index is 2.20. The number of hydrogen-bond donors (Lipinski definition) is 2. The van der Waals surface area contributed by atoms with Gasteiger partial charge in [-0.2, -0.15) is 5.10 Å². The third kappa shape index (κ3) is 2.24. The maximum Gasteiger partial charge on any atom is 0.266 e. The molecule has 0 aromatic carbocycles. The molecule has 2 aromatic heterocycles. The summed E-state index contributed by atoms with van der Waals surface area (Å²) < 4.78 is 0. The maximum atomic E-state index is 12.0. The van der Waals surface area contributed by atoms with Crippen molar-refractivity contribution in [1.29, 1.82) is 0 Å². The highest BCUT2D eigenvalue weighted by Crippen LogP contribution is 2.22. The van der Waals surface area contributed by atoms with Crippen molar-refractivity contribution in [2.75, 3.05) is 5.32 Å². The fraction of sp³-hybridized carbons (Fsp3) is 0.333. The molecule has 2 rings (SSSR count). The van der Waals surface area contributed by atoms with Crippen molar-refractivity contribution in [2.24, 2.45) is 0 Å².